The van der Waals surface area contributed by atoms with E-state index in [1.807, 2.05) is 0 Å². The fraction of sp³-hybridized carbons (Fsp3) is 0.303. The van der Waals surface area contributed by atoms with Crippen molar-refractivity contribution in [3.8, 4) is 23.0 Å². The molecule has 3 heterocycles. The van der Waals surface area contributed by atoms with Crippen LogP contribution in [0.5, 0.6) is 23.0 Å². The number of halogens is 5. The van der Waals surface area contributed by atoms with Crippen LogP contribution >= 0.6 is 23.2 Å². The molecule has 3 aromatic rings. The lowest BCUT2D eigenvalue weighted by molar-refractivity contribution is -0.123. The first-order chi connectivity index (χ1) is 26.5. The molecule has 2 saturated heterocycles. The van der Waals surface area contributed by atoms with E-state index in [4.69, 9.17) is 27.9 Å². The second-order valence-corrected chi connectivity index (χ2v) is 13.7. The summed E-state index contributed by atoms with van der Waals surface area (Å²) in [5.74, 6) is -11.5. The van der Waals surface area contributed by atoms with Gasteiger partial charge in [-0.2, -0.15) is 0 Å². The lowest BCUT2D eigenvalue weighted by Gasteiger charge is -2.36. The summed E-state index contributed by atoms with van der Waals surface area (Å²) in [4.78, 5) is 69.0. The van der Waals surface area contributed by atoms with Gasteiger partial charge in [-0.3, -0.25) is 4.79 Å². The molecule has 7 amide bonds. The van der Waals surface area contributed by atoms with Crippen molar-refractivity contribution in [2.24, 2.45) is 0 Å². The molecule has 296 valence electrons. The minimum Gasteiger partial charge on any atom is -0.534 e. The Morgan fingerprint density at radius 3 is 2.23 bits per heavy atom. The molecular weight excluding hydrogens is 795 g/mol. The van der Waals surface area contributed by atoms with Crippen LogP contribution in [0.2, 0.25) is 10.0 Å². The minimum absolute atomic E-state index is 0.0211. The number of benzene rings is 3. The molecule has 1 unspecified atom stereocenters. The highest BCUT2D eigenvalue weighted by Gasteiger charge is 2.43. The molecule has 2 atom stereocenters. The lowest BCUT2D eigenvalue weighted by atomic mass is 9.72. The number of fused-ring (bicyclic) bond motifs is 1. The number of carbonyl (C=O) groups is 5. The minimum atomic E-state index is -1.99. The number of likely N-dealkylation sites (tertiary alicyclic amines) is 1. The third-order valence-corrected chi connectivity index (χ3v) is 10.4. The molecule has 56 heavy (non-hydrogen) atoms. The van der Waals surface area contributed by atoms with Crippen LogP contribution in [0.25, 0.3) is 0 Å². The molecule has 8 N–H and O–H groups in total. The van der Waals surface area contributed by atoms with Gasteiger partial charge >= 0.3 is 31.2 Å². The predicted molar refractivity (Wildman–Crippen MR) is 189 cm³/mol. The van der Waals surface area contributed by atoms with Crippen molar-refractivity contribution in [1.82, 2.24) is 25.3 Å². The summed E-state index contributed by atoms with van der Waals surface area (Å²) < 4.78 is 47.7. The Morgan fingerprint density at radius 1 is 0.875 bits per heavy atom. The summed E-state index contributed by atoms with van der Waals surface area (Å²) >= 11 is 12.1. The van der Waals surface area contributed by atoms with Gasteiger partial charge < -0.3 is 55.9 Å². The highest BCUT2D eigenvalue weighted by molar-refractivity contribution is 6.47. The Hall–Kier alpha value is -5.80. The second kappa shape index (κ2) is 15.7. The van der Waals surface area contributed by atoms with E-state index in [9.17, 15) is 62.6 Å². The molecule has 0 aliphatic carbocycles. The molecule has 0 aromatic heterocycles. The number of carboxylic acid groups (broad SMARTS) is 1. The predicted octanol–water partition coefficient (Wildman–Crippen LogP) is 3.55. The maximum Gasteiger partial charge on any atom is 0.547 e. The number of anilines is 1. The van der Waals surface area contributed by atoms with Crippen LogP contribution in [0, 0.1) is 17.5 Å². The molecule has 6 rings (SSSR count). The summed E-state index contributed by atoms with van der Waals surface area (Å²) in [6.45, 7) is 0.177. The van der Waals surface area contributed by atoms with E-state index in [1.54, 1.807) is 0 Å². The van der Waals surface area contributed by atoms with Gasteiger partial charge in [-0.05, 0) is 49.1 Å². The number of rotatable bonds is 7. The number of phenolic OH excluding ortho intramolecular Hbond substituents is 3. The fourth-order valence-corrected chi connectivity index (χ4v) is 7.09. The second-order valence-electron chi connectivity index (χ2n) is 12.9. The standard InChI is InChI=1S/C33H30BCl2F3N6O11/c35-22-15(12-18(39)26(47)27(22)48)24(29(49)41-20-11-13-1-2-16(37)21(30(50)51)28(13)56-34(20)55)42-32(53)45-10-9-44(33(45)54)14-5-7-43(8-6-14)31(52)40-19-4-3-17(38)25(46)23(19)36/h1-4,12,14,20,24,46-48,55H,5-11H2,(H,40,52)(H,41,49)(H,42,53)(H,50,51)/t20-,24?/m0/s1. The molecule has 3 aromatic carbocycles. The zero-order chi connectivity index (χ0) is 40.7. The van der Waals surface area contributed by atoms with Crippen LogP contribution in [0.15, 0.2) is 30.3 Å². The summed E-state index contributed by atoms with van der Waals surface area (Å²) in [5.41, 5.74) is -1.36. The normalized spacial score (nSPS) is 17.6. The maximum atomic E-state index is 14.7. The van der Waals surface area contributed by atoms with Crippen LogP contribution < -0.4 is 20.6 Å². The Labute approximate surface area is 324 Å². The number of amides is 7. The Morgan fingerprint density at radius 2 is 1.55 bits per heavy atom. The number of imide groups is 1. The topological polar surface area (TPSA) is 242 Å². The average Bonchev–Trinajstić information content (AvgIpc) is 3.55. The molecular formula is C33H30BCl2F3N6O11. The smallest absolute Gasteiger partial charge is 0.534 e. The van der Waals surface area contributed by atoms with E-state index in [0.29, 0.717) is 6.07 Å². The van der Waals surface area contributed by atoms with Gasteiger partial charge in [-0.1, -0.05) is 29.3 Å². The zero-order valence-corrected chi connectivity index (χ0v) is 30.1. The number of aromatic carboxylic acids is 1. The summed E-state index contributed by atoms with van der Waals surface area (Å²) in [6, 6.07) is -0.279. The number of hydrogen-bond donors (Lipinski definition) is 8. The number of urea groups is 3. The van der Waals surface area contributed by atoms with Crippen molar-refractivity contribution in [3.05, 3.63) is 74.5 Å². The van der Waals surface area contributed by atoms with Gasteiger partial charge in [0.1, 0.15) is 28.2 Å². The van der Waals surface area contributed by atoms with Crippen molar-refractivity contribution in [3.63, 3.8) is 0 Å². The van der Waals surface area contributed by atoms with Crippen molar-refractivity contribution < 1.29 is 67.2 Å². The number of piperidine rings is 1. The van der Waals surface area contributed by atoms with Gasteiger partial charge in [0.25, 0.3) is 0 Å². The highest BCUT2D eigenvalue weighted by atomic mass is 35.5. The first-order valence-electron chi connectivity index (χ1n) is 16.7. The molecule has 23 heteroatoms. The van der Waals surface area contributed by atoms with E-state index in [-0.39, 0.29) is 61.7 Å². The Bertz CT molecular complexity index is 2150. The molecule has 0 spiro atoms. The van der Waals surface area contributed by atoms with Gasteiger partial charge in [-0.15, -0.1) is 0 Å². The SMILES string of the molecule is O=C(O)c1c(F)ccc2c1OB(O)[C@@H](NC(=O)C(NC(=O)N1CCN(C3CCN(C(=O)Nc4ccc(F)c(O)c4Cl)CC3)C1=O)c1cc(F)c(O)c(O)c1Cl)C2. The summed E-state index contributed by atoms with van der Waals surface area (Å²) in [7, 11) is -1.96. The third kappa shape index (κ3) is 7.56. The van der Waals surface area contributed by atoms with Crippen LogP contribution in [0.3, 0.4) is 0 Å². The van der Waals surface area contributed by atoms with Gasteiger partial charge in [0.2, 0.25) is 5.91 Å². The van der Waals surface area contributed by atoms with Gasteiger partial charge in [-0.25, -0.2) is 37.2 Å². The largest absolute Gasteiger partial charge is 0.547 e. The molecule has 2 fully saturated rings. The molecule has 0 bridgehead atoms. The van der Waals surface area contributed by atoms with Crippen molar-refractivity contribution >= 4 is 66.0 Å². The monoisotopic (exact) mass is 824 g/mol. The van der Waals surface area contributed by atoms with E-state index in [1.165, 1.54) is 21.9 Å². The van der Waals surface area contributed by atoms with Gasteiger partial charge in [0, 0.05) is 37.8 Å². The van der Waals surface area contributed by atoms with Crippen molar-refractivity contribution in [2.45, 2.75) is 37.3 Å². The van der Waals surface area contributed by atoms with E-state index in [0.717, 1.165) is 17.0 Å². The summed E-state index contributed by atoms with van der Waals surface area (Å²) in [5, 5.41) is 55.9. The van der Waals surface area contributed by atoms with Crippen molar-refractivity contribution in [2.75, 3.05) is 31.5 Å². The number of carboxylic acids is 1. The van der Waals surface area contributed by atoms with Crippen LogP contribution in [-0.4, -0.2) is 115 Å². The Kier molecular flexibility index (Phi) is 11.2. The van der Waals surface area contributed by atoms with Crippen LogP contribution in [0.1, 0.15) is 40.4 Å². The molecule has 17 nitrogen and oxygen atoms in total. The number of aromatic hydroxyl groups is 3. The van der Waals surface area contributed by atoms with E-state index >= 15 is 0 Å². The quantitative estimate of drug-likeness (QED) is 0.127. The molecule has 3 aliphatic heterocycles. The number of nitrogens with zero attached hydrogens (tertiary/aromatic N) is 3. The summed E-state index contributed by atoms with van der Waals surface area (Å²) in [6.07, 6.45) is 0.245. The van der Waals surface area contributed by atoms with Gasteiger partial charge in [0.05, 0.1) is 16.7 Å². The molecule has 3 aliphatic rings. The number of hydrogen-bond acceptors (Lipinski definition) is 10. The van der Waals surface area contributed by atoms with Crippen LogP contribution in [0.4, 0.5) is 33.2 Å². The lowest BCUT2D eigenvalue weighted by Crippen LogP contribution is -2.56. The molecule has 0 radical (unpaired) electrons. The maximum absolute atomic E-state index is 14.7. The Balaban J connectivity index is 1.14. The van der Waals surface area contributed by atoms with E-state index in [2.05, 4.69) is 16.0 Å². The number of carbonyl (C=O) groups excluding carboxylic acids is 4. The van der Waals surface area contributed by atoms with Crippen LogP contribution in [-0.2, 0) is 11.2 Å². The first-order valence-corrected chi connectivity index (χ1v) is 17.4. The first kappa shape index (κ1) is 39.9. The average molecular weight is 825 g/mol. The highest BCUT2D eigenvalue weighted by Crippen LogP contribution is 2.41. The fourth-order valence-electron chi connectivity index (χ4n) is 6.64. The van der Waals surface area contributed by atoms with Crippen molar-refractivity contribution in [1.29, 1.82) is 0 Å². The number of phenols is 3. The van der Waals surface area contributed by atoms with Gasteiger partial charge in [0.15, 0.2) is 28.9 Å². The third-order valence-electron chi connectivity index (χ3n) is 9.57. The van der Waals surface area contributed by atoms with E-state index < -0.39 is 112 Å². The molecule has 0 saturated carbocycles. The number of nitrogens with one attached hydrogen (secondary N) is 3. The zero-order valence-electron chi connectivity index (χ0n) is 28.6.